The van der Waals surface area contributed by atoms with Crippen LogP contribution in [0.2, 0.25) is 0 Å². The van der Waals surface area contributed by atoms with Crippen molar-refractivity contribution in [1.82, 2.24) is 30.4 Å². The fraction of sp³-hybridized carbons (Fsp3) is 0.818. The first-order valence-corrected chi connectivity index (χ1v) is 5.99. The molecule has 1 rings (SSSR count). The van der Waals surface area contributed by atoms with Gasteiger partial charge in [0.25, 0.3) is 0 Å². The second kappa shape index (κ2) is 5.90. The standard InChI is InChI=1S/C11H22N6O/c1-9-13-14-15-17(9)7-6-10(18)12-11(2,3)8-16(4)5/h6-8H2,1-5H3,(H,12,18). The van der Waals surface area contributed by atoms with Crippen LogP contribution in [0.1, 0.15) is 26.1 Å². The molecule has 18 heavy (non-hydrogen) atoms. The predicted molar refractivity (Wildman–Crippen MR) is 67.9 cm³/mol. The van der Waals surface area contributed by atoms with Crippen LogP contribution in [0, 0.1) is 6.92 Å². The van der Waals surface area contributed by atoms with Crippen molar-refractivity contribution in [3.63, 3.8) is 0 Å². The zero-order valence-electron chi connectivity index (χ0n) is 11.8. The fourth-order valence-electron chi connectivity index (χ4n) is 1.93. The van der Waals surface area contributed by atoms with Gasteiger partial charge < -0.3 is 10.2 Å². The highest BCUT2D eigenvalue weighted by Crippen LogP contribution is 2.04. The molecule has 7 nitrogen and oxygen atoms in total. The number of carbonyl (C=O) groups is 1. The summed E-state index contributed by atoms with van der Waals surface area (Å²) >= 11 is 0. The Labute approximate surface area is 108 Å². The Kier molecular flexibility index (Phi) is 4.77. The Bertz CT molecular complexity index is 398. The smallest absolute Gasteiger partial charge is 0.222 e. The molecule has 7 heteroatoms. The van der Waals surface area contributed by atoms with Crippen molar-refractivity contribution in [3.05, 3.63) is 5.82 Å². The summed E-state index contributed by atoms with van der Waals surface area (Å²) in [6.45, 7) is 7.12. The highest BCUT2D eigenvalue weighted by Gasteiger charge is 2.21. The molecule has 0 fully saturated rings. The third-order valence-electron chi connectivity index (χ3n) is 2.45. The largest absolute Gasteiger partial charge is 0.350 e. The van der Waals surface area contributed by atoms with Crippen LogP contribution in [0.15, 0.2) is 0 Å². The minimum absolute atomic E-state index is 0.0109. The Morgan fingerprint density at radius 1 is 1.44 bits per heavy atom. The number of rotatable bonds is 6. The molecule has 0 aliphatic rings. The van der Waals surface area contributed by atoms with Gasteiger partial charge in [-0.05, 0) is 45.3 Å². The summed E-state index contributed by atoms with van der Waals surface area (Å²) in [4.78, 5) is 13.9. The minimum Gasteiger partial charge on any atom is -0.350 e. The molecule has 0 bridgehead atoms. The van der Waals surface area contributed by atoms with E-state index < -0.39 is 0 Å². The molecule has 0 radical (unpaired) electrons. The average molecular weight is 254 g/mol. The van der Waals surface area contributed by atoms with Crippen molar-refractivity contribution in [2.24, 2.45) is 0 Å². The molecule has 0 aromatic carbocycles. The second-order valence-electron chi connectivity index (χ2n) is 5.37. The average Bonchev–Trinajstić information content (AvgIpc) is 2.58. The molecule has 1 aromatic rings. The summed E-state index contributed by atoms with van der Waals surface area (Å²) in [5, 5.41) is 14.1. The van der Waals surface area contributed by atoms with Gasteiger partial charge >= 0.3 is 0 Å². The van der Waals surface area contributed by atoms with E-state index in [2.05, 4.69) is 20.8 Å². The maximum atomic E-state index is 11.8. The number of likely N-dealkylation sites (N-methyl/N-ethyl adjacent to an activating group) is 1. The maximum absolute atomic E-state index is 11.8. The Balaban J connectivity index is 2.40. The van der Waals surface area contributed by atoms with Gasteiger partial charge in [0.05, 0.1) is 6.54 Å². The van der Waals surface area contributed by atoms with E-state index in [1.165, 1.54) is 0 Å². The van der Waals surface area contributed by atoms with Gasteiger partial charge in [0.2, 0.25) is 5.91 Å². The van der Waals surface area contributed by atoms with E-state index in [0.717, 1.165) is 12.4 Å². The van der Waals surface area contributed by atoms with Crippen LogP contribution in [-0.4, -0.2) is 57.2 Å². The van der Waals surface area contributed by atoms with Gasteiger partial charge in [-0.15, -0.1) is 5.10 Å². The quantitative estimate of drug-likeness (QED) is 0.762. The van der Waals surface area contributed by atoms with Crippen molar-refractivity contribution >= 4 is 5.91 Å². The molecule has 0 saturated carbocycles. The number of amides is 1. The van der Waals surface area contributed by atoms with Crippen molar-refractivity contribution in [3.8, 4) is 0 Å². The molecule has 0 aliphatic carbocycles. The first-order chi connectivity index (χ1) is 8.30. The summed E-state index contributed by atoms with van der Waals surface area (Å²) in [6, 6.07) is 0. The number of nitrogens with one attached hydrogen (secondary N) is 1. The summed E-state index contributed by atoms with van der Waals surface area (Å²) in [7, 11) is 3.97. The molecule has 1 N–H and O–H groups in total. The molecule has 1 aromatic heterocycles. The van der Waals surface area contributed by atoms with E-state index in [1.54, 1.807) is 4.68 Å². The number of carbonyl (C=O) groups excluding carboxylic acids is 1. The van der Waals surface area contributed by atoms with Gasteiger partial charge in [0, 0.05) is 18.5 Å². The fourth-order valence-corrected chi connectivity index (χ4v) is 1.93. The summed E-state index contributed by atoms with van der Waals surface area (Å²) in [5.41, 5.74) is -0.240. The van der Waals surface area contributed by atoms with E-state index in [-0.39, 0.29) is 11.4 Å². The highest BCUT2D eigenvalue weighted by atomic mass is 16.1. The van der Waals surface area contributed by atoms with Crippen LogP contribution in [-0.2, 0) is 11.3 Å². The number of hydrogen-bond donors (Lipinski definition) is 1. The number of nitrogens with zero attached hydrogens (tertiary/aromatic N) is 5. The Hall–Kier alpha value is -1.50. The Morgan fingerprint density at radius 3 is 2.61 bits per heavy atom. The second-order valence-corrected chi connectivity index (χ2v) is 5.37. The molecule has 0 aliphatic heterocycles. The van der Waals surface area contributed by atoms with Gasteiger partial charge in [-0.1, -0.05) is 0 Å². The zero-order valence-corrected chi connectivity index (χ0v) is 11.8. The topological polar surface area (TPSA) is 75.9 Å². The predicted octanol–water partition coefficient (Wildman–Crippen LogP) is -0.172. The maximum Gasteiger partial charge on any atom is 0.222 e. The van der Waals surface area contributed by atoms with Crippen LogP contribution < -0.4 is 5.32 Å². The molecular weight excluding hydrogens is 232 g/mol. The lowest BCUT2D eigenvalue weighted by molar-refractivity contribution is -0.123. The van der Waals surface area contributed by atoms with E-state index in [1.807, 2.05) is 39.8 Å². The third-order valence-corrected chi connectivity index (χ3v) is 2.45. The van der Waals surface area contributed by atoms with Crippen LogP contribution in [0.4, 0.5) is 0 Å². The number of aryl methyl sites for hydroxylation is 2. The van der Waals surface area contributed by atoms with Crippen molar-refractivity contribution < 1.29 is 4.79 Å². The van der Waals surface area contributed by atoms with Crippen LogP contribution in [0.5, 0.6) is 0 Å². The highest BCUT2D eigenvalue weighted by molar-refractivity contribution is 5.76. The van der Waals surface area contributed by atoms with Gasteiger partial charge in [0.1, 0.15) is 5.82 Å². The number of hydrogen-bond acceptors (Lipinski definition) is 5. The van der Waals surface area contributed by atoms with Crippen LogP contribution >= 0.6 is 0 Å². The normalized spacial score (nSPS) is 11.9. The third kappa shape index (κ3) is 4.79. The molecule has 0 unspecified atom stereocenters. The monoisotopic (exact) mass is 254 g/mol. The summed E-state index contributed by atoms with van der Waals surface area (Å²) in [6.07, 6.45) is 0.378. The Morgan fingerprint density at radius 2 is 2.11 bits per heavy atom. The molecule has 0 spiro atoms. The van der Waals surface area contributed by atoms with Gasteiger partial charge in [-0.2, -0.15) is 0 Å². The molecule has 0 saturated heterocycles. The lowest BCUT2D eigenvalue weighted by Crippen LogP contribution is -2.50. The summed E-state index contributed by atoms with van der Waals surface area (Å²) in [5.74, 6) is 0.729. The molecule has 0 atom stereocenters. The SMILES string of the molecule is Cc1nnnn1CCC(=O)NC(C)(C)CN(C)C. The number of aromatic nitrogens is 4. The van der Waals surface area contributed by atoms with E-state index in [0.29, 0.717) is 13.0 Å². The van der Waals surface area contributed by atoms with E-state index in [4.69, 9.17) is 0 Å². The van der Waals surface area contributed by atoms with Crippen LogP contribution in [0.3, 0.4) is 0 Å². The molecule has 102 valence electrons. The van der Waals surface area contributed by atoms with Crippen molar-refractivity contribution in [1.29, 1.82) is 0 Å². The van der Waals surface area contributed by atoms with Gasteiger partial charge in [0.15, 0.2) is 0 Å². The molecule has 1 amide bonds. The van der Waals surface area contributed by atoms with E-state index in [9.17, 15) is 4.79 Å². The summed E-state index contributed by atoms with van der Waals surface area (Å²) < 4.78 is 1.62. The molecule has 1 heterocycles. The lowest BCUT2D eigenvalue weighted by Gasteiger charge is -2.29. The zero-order chi connectivity index (χ0) is 13.8. The lowest BCUT2D eigenvalue weighted by atomic mass is 10.1. The van der Waals surface area contributed by atoms with Gasteiger partial charge in [-0.3, -0.25) is 4.79 Å². The van der Waals surface area contributed by atoms with E-state index >= 15 is 0 Å². The first kappa shape index (κ1) is 14.6. The van der Waals surface area contributed by atoms with Gasteiger partial charge in [-0.25, -0.2) is 4.68 Å². The number of tetrazole rings is 1. The molecular formula is C11H22N6O. The van der Waals surface area contributed by atoms with Crippen molar-refractivity contribution in [2.75, 3.05) is 20.6 Å². The van der Waals surface area contributed by atoms with Crippen LogP contribution in [0.25, 0.3) is 0 Å². The first-order valence-electron chi connectivity index (χ1n) is 5.99. The van der Waals surface area contributed by atoms with Crippen molar-refractivity contribution in [2.45, 2.75) is 39.3 Å². The minimum atomic E-state index is -0.240.